The molecule has 0 aliphatic carbocycles. The Morgan fingerprint density at radius 2 is 1.74 bits per heavy atom. The van der Waals surface area contributed by atoms with E-state index in [0.29, 0.717) is 39.1 Å². The van der Waals surface area contributed by atoms with E-state index in [1.165, 1.54) is 0 Å². The van der Waals surface area contributed by atoms with Gasteiger partial charge in [-0.2, -0.15) is 5.26 Å². The molecule has 1 unspecified atom stereocenters. The predicted molar refractivity (Wildman–Crippen MR) is 106 cm³/mol. The third kappa shape index (κ3) is 5.30. The highest BCUT2D eigenvalue weighted by Gasteiger charge is 2.33. The van der Waals surface area contributed by atoms with Gasteiger partial charge < -0.3 is 9.80 Å². The Bertz CT molecular complexity index is 682. The van der Waals surface area contributed by atoms with Gasteiger partial charge in [-0.05, 0) is 19.1 Å². The van der Waals surface area contributed by atoms with Crippen LogP contribution in [0.25, 0.3) is 0 Å². The van der Waals surface area contributed by atoms with Gasteiger partial charge in [0.2, 0.25) is 11.8 Å². The number of amides is 2. The Kier molecular flexibility index (Phi) is 6.98. The average molecular weight is 370 g/mol. The van der Waals surface area contributed by atoms with Gasteiger partial charge >= 0.3 is 0 Å². The maximum atomic E-state index is 13.1. The summed E-state index contributed by atoms with van der Waals surface area (Å²) in [5.74, 6) is 0.146. The number of nitrogens with zero attached hydrogens (tertiary/aromatic N) is 4. The molecule has 2 rings (SSSR count). The molecule has 0 saturated carbocycles. The second-order valence-corrected chi connectivity index (χ2v) is 7.99. The Morgan fingerprint density at radius 1 is 1.15 bits per heavy atom. The zero-order valence-electron chi connectivity index (χ0n) is 16.8. The lowest BCUT2D eigenvalue weighted by atomic mass is 9.94. The van der Waals surface area contributed by atoms with E-state index in [9.17, 15) is 9.59 Å². The fraction of sp³-hybridized carbons (Fsp3) is 0.571. The largest absolute Gasteiger partial charge is 0.340 e. The molecular formula is C21H30N4O2. The summed E-state index contributed by atoms with van der Waals surface area (Å²) < 4.78 is 0. The van der Waals surface area contributed by atoms with Gasteiger partial charge in [-0.1, -0.05) is 39.0 Å². The van der Waals surface area contributed by atoms with E-state index in [1.807, 2.05) is 62.9 Å². The van der Waals surface area contributed by atoms with Crippen molar-refractivity contribution in [1.82, 2.24) is 9.80 Å². The van der Waals surface area contributed by atoms with Crippen molar-refractivity contribution in [2.75, 3.05) is 37.6 Å². The third-order valence-electron chi connectivity index (χ3n) is 4.93. The number of hydrogen-bond acceptors (Lipinski definition) is 4. The molecule has 1 aromatic rings. The first-order chi connectivity index (χ1) is 12.8. The van der Waals surface area contributed by atoms with Crippen molar-refractivity contribution >= 4 is 17.5 Å². The molecule has 0 bridgehead atoms. The number of para-hydroxylation sites is 1. The molecule has 0 aromatic heterocycles. The maximum absolute atomic E-state index is 13.1. The summed E-state index contributed by atoms with van der Waals surface area (Å²) in [6.45, 7) is 10.7. The van der Waals surface area contributed by atoms with Gasteiger partial charge in [0.1, 0.15) is 0 Å². The average Bonchev–Trinajstić information content (AvgIpc) is 2.67. The molecule has 0 spiro atoms. The first kappa shape index (κ1) is 20.9. The van der Waals surface area contributed by atoms with Crippen LogP contribution in [-0.4, -0.2) is 60.4 Å². The number of carbonyl (C=O) groups excluding carboxylic acids is 2. The van der Waals surface area contributed by atoms with E-state index in [0.717, 1.165) is 5.69 Å². The van der Waals surface area contributed by atoms with Crippen molar-refractivity contribution in [1.29, 1.82) is 5.26 Å². The number of carbonyl (C=O) groups is 2. The van der Waals surface area contributed by atoms with Crippen molar-refractivity contribution in [2.45, 2.75) is 40.2 Å². The van der Waals surface area contributed by atoms with Crippen LogP contribution in [0.5, 0.6) is 0 Å². The first-order valence-electron chi connectivity index (χ1n) is 9.52. The molecule has 6 nitrogen and oxygen atoms in total. The lowest BCUT2D eigenvalue weighted by Gasteiger charge is -2.40. The Labute approximate surface area is 162 Å². The molecule has 1 aromatic carbocycles. The van der Waals surface area contributed by atoms with E-state index >= 15 is 0 Å². The zero-order chi connectivity index (χ0) is 20.0. The van der Waals surface area contributed by atoms with Gasteiger partial charge in [-0.15, -0.1) is 0 Å². The minimum absolute atomic E-state index is 0.00736. The molecule has 1 atom stereocenters. The molecular weight excluding hydrogens is 340 g/mol. The fourth-order valence-electron chi connectivity index (χ4n) is 3.30. The molecule has 27 heavy (non-hydrogen) atoms. The van der Waals surface area contributed by atoms with E-state index < -0.39 is 0 Å². The van der Waals surface area contributed by atoms with Crippen molar-refractivity contribution in [2.24, 2.45) is 5.41 Å². The van der Waals surface area contributed by atoms with Crippen LogP contribution in [0, 0.1) is 16.7 Å². The van der Waals surface area contributed by atoms with Crippen molar-refractivity contribution in [3.63, 3.8) is 0 Å². The Morgan fingerprint density at radius 3 is 2.26 bits per heavy atom. The third-order valence-corrected chi connectivity index (χ3v) is 4.93. The second kappa shape index (κ2) is 9.01. The van der Waals surface area contributed by atoms with Gasteiger partial charge in [0, 0.05) is 43.8 Å². The second-order valence-electron chi connectivity index (χ2n) is 7.99. The number of piperazine rings is 1. The summed E-state index contributed by atoms with van der Waals surface area (Å²) in [6.07, 6.45) is 0.293. The van der Waals surface area contributed by atoms with Crippen LogP contribution in [0.1, 0.15) is 34.1 Å². The van der Waals surface area contributed by atoms with Crippen molar-refractivity contribution < 1.29 is 9.59 Å². The lowest BCUT2D eigenvalue weighted by Crippen LogP contribution is -2.57. The molecule has 0 N–H and O–H groups in total. The smallest absolute Gasteiger partial charge is 0.244 e. The van der Waals surface area contributed by atoms with Crippen LogP contribution in [-0.2, 0) is 9.59 Å². The van der Waals surface area contributed by atoms with Crippen LogP contribution in [0.3, 0.4) is 0 Å². The number of anilines is 1. The van der Waals surface area contributed by atoms with Crippen LogP contribution >= 0.6 is 0 Å². The molecule has 1 saturated heterocycles. The fourth-order valence-corrected chi connectivity index (χ4v) is 3.30. The van der Waals surface area contributed by atoms with Crippen LogP contribution in [0.15, 0.2) is 30.3 Å². The number of nitriles is 1. The summed E-state index contributed by atoms with van der Waals surface area (Å²) in [5.41, 5.74) is 0.427. The molecule has 2 amide bonds. The minimum Gasteiger partial charge on any atom is -0.340 e. The molecule has 6 heteroatoms. The van der Waals surface area contributed by atoms with Gasteiger partial charge in [-0.25, -0.2) is 0 Å². The molecule has 1 aliphatic rings. The molecule has 0 radical (unpaired) electrons. The zero-order valence-corrected chi connectivity index (χ0v) is 16.8. The molecule has 1 fully saturated rings. The van der Waals surface area contributed by atoms with Crippen molar-refractivity contribution in [3.05, 3.63) is 30.3 Å². The molecule has 146 valence electrons. The van der Waals surface area contributed by atoms with E-state index in [-0.39, 0.29) is 23.3 Å². The summed E-state index contributed by atoms with van der Waals surface area (Å²) in [7, 11) is 0. The lowest BCUT2D eigenvalue weighted by molar-refractivity contribution is -0.141. The van der Waals surface area contributed by atoms with Crippen molar-refractivity contribution in [3.8, 4) is 6.07 Å². The first-order valence-corrected chi connectivity index (χ1v) is 9.52. The maximum Gasteiger partial charge on any atom is 0.244 e. The molecule has 1 heterocycles. The predicted octanol–water partition coefficient (Wildman–Crippen LogP) is 2.51. The van der Waals surface area contributed by atoms with E-state index in [2.05, 4.69) is 11.0 Å². The van der Waals surface area contributed by atoms with Gasteiger partial charge in [0.05, 0.1) is 18.5 Å². The SMILES string of the molecule is CC(C(=O)N(CCC#N)c1ccccc1)N1CCN(C(=O)C(C)(C)C)CC1. The molecule has 1 aliphatic heterocycles. The van der Waals surface area contributed by atoms with Gasteiger partial charge in [-0.3, -0.25) is 14.5 Å². The standard InChI is InChI=1S/C21H30N4O2/c1-17(23-13-15-24(16-14-23)20(27)21(2,3)4)19(26)25(12-8-11-22)18-9-6-5-7-10-18/h5-7,9-10,17H,8,12-16H2,1-4H3. The summed E-state index contributed by atoms with van der Waals surface area (Å²) in [4.78, 5) is 31.3. The Balaban J connectivity index is 2.03. The normalized spacial score (nSPS) is 16.5. The monoisotopic (exact) mass is 370 g/mol. The van der Waals surface area contributed by atoms with E-state index in [4.69, 9.17) is 5.26 Å². The van der Waals surface area contributed by atoms with Gasteiger partial charge in [0.25, 0.3) is 0 Å². The van der Waals surface area contributed by atoms with Gasteiger partial charge in [0.15, 0.2) is 0 Å². The minimum atomic E-state index is -0.384. The number of benzene rings is 1. The van der Waals surface area contributed by atoms with Crippen LogP contribution in [0.4, 0.5) is 5.69 Å². The number of hydrogen-bond donors (Lipinski definition) is 0. The van der Waals surface area contributed by atoms with Crippen LogP contribution in [0.2, 0.25) is 0 Å². The van der Waals surface area contributed by atoms with Crippen LogP contribution < -0.4 is 4.90 Å². The summed E-state index contributed by atoms with van der Waals surface area (Å²) >= 11 is 0. The highest BCUT2D eigenvalue weighted by molar-refractivity contribution is 5.97. The topological polar surface area (TPSA) is 67.7 Å². The highest BCUT2D eigenvalue weighted by atomic mass is 16.2. The Hall–Kier alpha value is -2.39. The number of rotatable bonds is 5. The quantitative estimate of drug-likeness (QED) is 0.799. The summed E-state index contributed by atoms with van der Waals surface area (Å²) in [6, 6.07) is 11.3. The summed E-state index contributed by atoms with van der Waals surface area (Å²) in [5, 5.41) is 8.94. The van der Waals surface area contributed by atoms with E-state index in [1.54, 1.807) is 4.90 Å². The highest BCUT2D eigenvalue weighted by Crippen LogP contribution is 2.21.